The molecule has 0 aromatic carbocycles. The Morgan fingerprint density at radius 1 is 1.45 bits per heavy atom. The molecule has 1 radical (unpaired) electrons. The normalized spacial score (nSPS) is 20.8. The van der Waals surface area contributed by atoms with Crippen molar-refractivity contribution >= 4 is 6.29 Å². The topological polar surface area (TPSA) is 20.3 Å². The maximum Gasteiger partial charge on any atom is 0 e. The Bertz CT molecular complexity index is 111. The van der Waals surface area contributed by atoms with Crippen molar-refractivity contribution in [1.29, 1.82) is 0 Å². The first-order chi connectivity index (χ1) is 4.83. The van der Waals surface area contributed by atoms with Crippen LogP contribution in [0.5, 0.6) is 0 Å². The molecule has 1 aliphatic rings. The molecule has 3 heteroatoms. The molecule has 0 N–H and O–H groups in total. The number of piperidine rings is 1. The molecule has 0 amide bonds. The van der Waals surface area contributed by atoms with Gasteiger partial charge in [-0.25, -0.2) is 0 Å². The minimum absolute atomic E-state index is 0. The molecule has 11 heavy (non-hydrogen) atoms. The van der Waals surface area contributed by atoms with E-state index in [1.54, 1.807) is 0 Å². The molecule has 61 valence electrons. The molecule has 1 saturated heterocycles. The largest absolute Gasteiger partial charge is 0.542 e. The third kappa shape index (κ3) is 4.34. The van der Waals surface area contributed by atoms with Crippen molar-refractivity contribution < 1.29 is 37.5 Å². The average Bonchev–Trinajstić information content (AvgIpc) is 1.95. The monoisotopic (exact) mass is 229 g/mol. The molecule has 2 nitrogen and oxygen atoms in total. The molecular formula is C8H14NOY-. The summed E-state index contributed by atoms with van der Waals surface area (Å²) in [6, 6.07) is 0. The van der Waals surface area contributed by atoms with Crippen molar-refractivity contribution in [1.82, 2.24) is 4.90 Å². The molecule has 1 rings (SSSR count). The van der Waals surface area contributed by atoms with Crippen LogP contribution in [0.2, 0.25) is 0 Å². The average molecular weight is 229 g/mol. The standard InChI is InChI=1S/C8H14NO.Y/c1-9-5-2-8(3-6-9)4-7-10;/h8H,2-6H2,1H3;/q-1;. The Labute approximate surface area is 93.6 Å². The first kappa shape index (κ1) is 11.7. The van der Waals surface area contributed by atoms with Crippen LogP contribution in [0.25, 0.3) is 0 Å². The first-order valence-corrected chi connectivity index (χ1v) is 3.86. The predicted molar refractivity (Wildman–Crippen MR) is 40.5 cm³/mol. The van der Waals surface area contributed by atoms with Gasteiger partial charge in [-0.05, 0) is 33.0 Å². The second-order valence-electron chi connectivity index (χ2n) is 3.10. The molecule has 0 saturated carbocycles. The van der Waals surface area contributed by atoms with Gasteiger partial charge in [0.2, 0.25) is 0 Å². The quantitative estimate of drug-likeness (QED) is 0.653. The van der Waals surface area contributed by atoms with Gasteiger partial charge in [-0.3, -0.25) is 6.29 Å². The van der Waals surface area contributed by atoms with E-state index in [9.17, 15) is 4.79 Å². The maximum absolute atomic E-state index is 10.0. The molecule has 0 aromatic rings. The summed E-state index contributed by atoms with van der Waals surface area (Å²) >= 11 is 0. The van der Waals surface area contributed by atoms with Crippen LogP contribution in [-0.2, 0) is 37.5 Å². The summed E-state index contributed by atoms with van der Waals surface area (Å²) in [7, 11) is 2.13. The summed E-state index contributed by atoms with van der Waals surface area (Å²) in [4.78, 5) is 12.3. The van der Waals surface area contributed by atoms with Crippen molar-refractivity contribution in [2.75, 3.05) is 20.1 Å². The molecular weight excluding hydrogens is 215 g/mol. The van der Waals surface area contributed by atoms with Crippen LogP contribution in [0, 0.1) is 5.92 Å². The fourth-order valence-electron chi connectivity index (χ4n) is 1.38. The SMILES string of the molecule is CN1CCC(C[C-]=O)CC1.[Y]. The van der Waals surface area contributed by atoms with E-state index in [1.807, 2.05) is 6.29 Å². The van der Waals surface area contributed by atoms with Crippen molar-refractivity contribution in [3.63, 3.8) is 0 Å². The minimum Gasteiger partial charge on any atom is -0.542 e. The third-order valence-corrected chi connectivity index (χ3v) is 2.21. The predicted octanol–water partition coefficient (Wildman–Crippen LogP) is 0.826. The summed E-state index contributed by atoms with van der Waals surface area (Å²) in [6.07, 6.45) is 4.98. The second kappa shape index (κ2) is 6.27. The Kier molecular flexibility index (Phi) is 6.69. The van der Waals surface area contributed by atoms with Crippen LogP contribution in [0.15, 0.2) is 0 Å². The van der Waals surface area contributed by atoms with Gasteiger partial charge in [0.15, 0.2) is 0 Å². The Morgan fingerprint density at radius 2 is 2.00 bits per heavy atom. The van der Waals surface area contributed by atoms with Gasteiger partial charge < -0.3 is 9.69 Å². The van der Waals surface area contributed by atoms with Crippen molar-refractivity contribution in [3.8, 4) is 0 Å². The van der Waals surface area contributed by atoms with E-state index in [0.717, 1.165) is 13.1 Å². The van der Waals surface area contributed by atoms with Crippen LogP contribution >= 0.6 is 0 Å². The van der Waals surface area contributed by atoms with Gasteiger partial charge in [0.1, 0.15) is 0 Å². The van der Waals surface area contributed by atoms with Crippen LogP contribution in [0.4, 0.5) is 0 Å². The van der Waals surface area contributed by atoms with Gasteiger partial charge in [-0.15, -0.1) is 6.42 Å². The van der Waals surface area contributed by atoms with Gasteiger partial charge in [-0.2, -0.15) is 0 Å². The van der Waals surface area contributed by atoms with Crippen molar-refractivity contribution in [3.05, 3.63) is 0 Å². The summed E-state index contributed by atoms with van der Waals surface area (Å²) < 4.78 is 0. The Balaban J connectivity index is 0.000001000. The van der Waals surface area contributed by atoms with Gasteiger partial charge in [-0.1, -0.05) is 5.92 Å². The van der Waals surface area contributed by atoms with Crippen LogP contribution in [-0.4, -0.2) is 31.3 Å². The molecule has 1 heterocycles. The van der Waals surface area contributed by atoms with Crippen molar-refractivity contribution in [2.24, 2.45) is 5.92 Å². The van der Waals surface area contributed by atoms with Gasteiger partial charge >= 0.3 is 0 Å². The molecule has 0 unspecified atom stereocenters. The van der Waals surface area contributed by atoms with Gasteiger partial charge in [0, 0.05) is 32.7 Å². The van der Waals surface area contributed by atoms with Gasteiger partial charge in [0.25, 0.3) is 0 Å². The van der Waals surface area contributed by atoms with E-state index < -0.39 is 0 Å². The second-order valence-corrected chi connectivity index (χ2v) is 3.10. The Morgan fingerprint density at radius 3 is 2.45 bits per heavy atom. The first-order valence-electron chi connectivity index (χ1n) is 3.86. The summed E-state index contributed by atoms with van der Waals surface area (Å²) in [5, 5.41) is 0. The van der Waals surface area contributed by atoms with Gasteiger partial charge in [0.05, 0.1) is 0 Å². The zero-order valence-electron chi connectivity index (χ0n) is 7.05. The molecule has 1 fully saturated rings. The molecule has 0 spiro atoms. The van der Waals surface area contributed by atoms with E-state index in [0.29, 0.717) is 12.3 Å². The molecule has 0 bridgehead atoms. The van der Waals surface area contributed by atoms with E-state index in [4.69, 9.17) is 0 Å². The number of likely N-dealkylation sites (tertiary alicyclic amines) is 1. The minimum atomic E-state index is 0. The zero-order chi connectivity index (χ0) is 7.40. The van der Waals surface area contributed by atoms with Crippen LogP contribution in [0.1, 0.15) is 19.3 Å². The molecule has 0 aliphatic carbocycles. The molecule has 1 aliphatic heterocycles. The summed E-state index contributed by atoms with van der Waals surface area (Å²) in [5.41, 5.74) is 0. The number of nitrogens with zero attached hydrogens (tertiary/aromatic N) is 1. The number of hydrogen-bond donors (Lipinski definition) is 0. The molecule has 0 atom stereocenters. The number of hydrogen-bond acceptors (Lipinski definition) is 2. The fourth-order valence-corrected chi connectivity index (χ4v) is 1.38. The number of rotatable bonds is 2. The maximum atomic E-state index is 10.0. The van der Waals surface area contributed by atoms with E-state index >= 15 is 0 Å². The smallest absolute Gasteiger partial charge is 0 e. The van der Waals surface area contributed by atoms with E-state index in [-0.39, 0.29) is 32.7 Å². The van der Waals surface area contributed by atoms with Crippen LogP contribution < -0.4 is 0 Å². The third-order valence-electron chi connectivity index (χ3n) is 2.21. The fraction of sp³-hybridized carbons (Fsp3) is 0.875. The van der Waals surface area contributed by atoms with E-state index in [2.05, 4.69) is 11.9 Å². The summed E-state index contributed by atoms with van der Waals surface area (Å²) in [6.45, 7) is 2.29. The molecule has 0 aromatic heterocycles. The Hall–Kier alpha value is 0.734. The zero-order valence-corrected chi connectivity index (χ0v) is 9.88. The van der Waals surface area contributed by atoms with Crippen molar-refractivity contribution in [2.45, 2.75) is 19.3 Å². The van der Waals surface area contributed by atoms with E-state index in [1.165, 1.54) is 12.8 Å². The summed E-state index contributed by atoms with van der Waals surface area (Å²) in [5.74, 6) is 0.619. The number of carbonyl (C=O) groups excluding carboxylic acids is 1. The van der Waals surface area contributed by atoms with Crippen LogP contribution in [0.3, 0.4) is 0 Å².